The van der Waals surface area contributed by atoms with E-state index in [-0.39, 0.29) is 23.3 Å². The Bertz CT molecular complexity index is 530. The van der Waals surface area contributed by atoms with E-state index in [1.807, 2.05) is 0 Å². The molecule has 0 amide bonds. The van der Waals surface area contributed by atoms with Crippen LogP contribution in [-0.2, 0) is 6.54 Å². The van der Waals surface area contributed by atoms with Crippen molar-refractivity contribution >= 4 is 23.1 Å². The highest BCUT2D eigenvalue weighted by atomic mass is 35.5. The first-order chi connectivity index (χ1) is 8.16. The number of hydrogen-bond acceptors (Lipinski definition) is 7. The first kappa shape index (κ1) is 11.3. The number of anilines is 1. The number of nitro groups is 1. The Morgan fingerprint density at radius 1 is 1.59 bits per heavy atom. The van der Waals surface area contributed by atoms with E-state index < -0.39 is 4.92 Å². The van der Waals surface area contributed by atoms with Gasteiger partial charge in [-0.2, -0.15) is 4.98 Å². The Kier molecular flexibility index (Phi) is 3.15. The van der Waals surface area contributed by atoms with E-state index in [2.05, 4.69) is 25.0 Å². The summed E-state index contributed by atoms with van der Waals surface area (Å²) in [5, 5.41) is 17.0. The number of nitrogens with zero attached hydrogens (tertiary/aromatic N) is 4. The molecule has 0 aromatic carbocycles. The molecule has 8 nitrogen and oxygen atoms in total. The summed E-state index contributed by atoms with van der Waals surface area (Å²) in [5.41, 5.74) is 0.340. The van der Waals surface area contributed by atoms with Crippen LogP contribution in [0.3, 0.4) is 0 Å². The molecule has 0 aliphatic heterocycles. The zero-order valence-electron chi connectivity index (χ0n) is 8.33. The summed E-state index contributed by atoms with van der Waals surface area (Å²) in [6.07, 6.45) is 2.44. The van der Waals surface area contributed by atoms with Gasteiger partial charge in [0.1, 0.15) is 18.2 Å². The van der Waals surface area contributed by atoms with E-state index in [0.717, 1.165) is 6.20 Å². The molecule has 0 aliphatic rings. The molecule has 2 heterocycles. The summed E-state index contributed by atoms with van der Waals surface area (Å²) in [4.78, 5) is 17.4. The van der Waals surface area contributed by atoms with Crippen molar-refractivity contribution < 1.29 is 9.45 Å². The van der Waals surface area contributed by atoms with E-state index in [4.69, 9.17) is 11.6 Å². The molecule has 0 atom stereocenters. The standard InChI is InChI=1S/C8H6ClN5O3/c9-8-11-4-6(14(15)16)7(12-8)10-3-5-1-2-17-13-5/h1-2,4H,3H2,(H,10,11,12). The predicted molar refractivity (Wildman–Crippen MR) is 57.5 cm³/mol. The third-order valence-corrected chi connectivity index (χ3v) is 2.05. The molecule has 1 N–H and O–H groups in total. The third kappa shape index (κ3) is 2.67. The lowest BCUT2D eigenvalue weighted by molar-refractivity contribution is -0.384. The van der Waals surface area contributed by atoms with Gasteiger partial charge in [-0.25, -0.2) is 4.98 Å². The summed E-state index contributed by atoms with van der Waals surface area (Å²) in [5.74, 6) is 0.0398. The SMILES string of the molecule is O=[N+]([O-])c1cnc(Cl)nc1NCc1ccon1. The predicted octanol–water partition coefficient (Wildman–Crippen LogP) is 1.64. The molecular weight excluding hydrogens is 250 g/mol. The molecule has 0 fully saturated rings. The number of hydrogen-bond donors (Lipinski definition) is 1. The molecule has 0 saturated carbocycles. The maximum absolute atomic E-state index is 10.7. The lowest BCUT2D eigenvalue weighted by Gasteiger charge is -2.03. The van der Waals surface area contributed by atoms with Crippen LogP contribution in [0.5, 0.6) is 0 Å². The van der Waals surface area contributed by atoms with Crippen molar-refractivity contribution in [3.05, 3.63) is 39.6 Å². The lowest BCUT2D eigenvalue weighted by Crippen LogP contribution is -2.05. The number of rotatable bonds is 4. The zero-order valence-corrected chi connectivity index (χ0v) is 9.09. The largest absolute Gasteiger partial charge is 0.364 e. The molecule has 88 valence electrons. The summed E-state index contributed by atoms with van der Waals surface area (Å²) < 4.78 is 4.62. The van der Waals surface area contributed by atoms with Crippen molar-refractivity contribution in [1.82, 2.24) is 15.1 Å². The molecule has 17 heavy (non-hydrogen) atoms. The highest BCUT2D eigenvalue weighted by Gasteiger charge is 2.16. The van der Waals surface area contributed by atoms with Crippen molar-refractivity contribution in [3.63, 3.8) is 0 Å². The second-order valence-electron chi connectivity index (χ2n) is 2.97. The zero-order chi connectivity index (χ0) is 12.3. The Hall–Kier alpha value is -2.22. The van der Waals surface area contributed by atoms with Crippen LogP contribution in [0.2, 0.25) is 5.28 Å². The molecule has 0 saturated heterocycles. The number of nitrogens with one attached hydrogen (secondary N) is 1. The first-order valence-corrected chi connectivity index (χ1v) is 4.84. The Labute approximate surface area is 99.8 Å². The van der Waals surface area contributed by atoms with E-state index in [1.165, 1.54) is 6.26 Å². The van der Waals surface area contributed by atoms with Crippen LogP contribution in [0, 0.1) is 10.1 Å². The Morgan fingerprint density at radius 3 is 3.06 bits per heavy atom. The summed E-state index contributed by atoms with van der Waals surface area (Å²) in [7, 11) is 0. The molecule has 2 rings (SSSR count). The monoisotopic (exact) mass is 255 g/mol. The van der Waals surface area contributed by atoms with Gasteiger partial charge >= 0.3 is 5.69 Å². The van der Waals surface area contributed by atoms with E-state index >= 15 is 0 Å². The van der Waals surface area contributed by atoms with Crippen molar-refractivity contribution in [1.29, 1.82) is 0 Å². The fourth-order valence-corrected chi connectivity index (χ4v) is 1.25. The second-order valence-corrected chi connectivity index (χ2v) is 3.31. The van der Waals surface area contributed by atoms with Gasteiger partial charge in [0.25, 0.3) is 0 Å². The van der Waals surface area contributed by atoms with Gasteiger partial charge in [-0.15, -0.1) is 0 Å². The van der Waals surface area contributed by atoms with Crippen LogP contribution < -0.4 is 5.32 Å². The van der Waals surface area contributed by atoms with Gasteiger partial charge in [0.05, 0.1) is 11.5 Å². The summed E-state index contributed by atoms with van der Waals surface area (Å²) >= 11 is 5.56. The average Bonchev–Trinajstić information content (AvgIpc) is 2.78. The summed E-state index contributed by atoms with van der Waals surface area (Å²) in [6, 6.07) is 1.63. The van der Waals surface area contributed by atoms with Gasteiger partial charge in [0.15, 0.2) is 0 Å². The van der Waals surface area contributed by atoms with E-state index in [1.54, 1.807) is 6.07 Å². The van der Waals surface area contributed by atoms with Gasteiger partial charge in [-0.3, -0.25) is 10.1 Å². The molecule has 0 bridgehead atoms. The molecular formula is C8H6ClN5O3. The van der Waals surface area contributed by atoms with E-state index in [0.29, 0.717) is 5.69 Å². The highest BCUT2D eigenvalue weighted by Crippen LogP contribution is 2.22. The van der Waals surface area contributed by atoms with Gasteiger partial charge in [0.2, 0.25) is 11.1 Å². The minimum atomic E-state index is -0.596. The van der Waals surface area contributed by atoms with Gasteiger partial charge in [-0.05, 0) is 11.6 Å². The van der Waals surface area contributed by atoms with Crippen LogP contribution in [0.15, 0.2) is 23.0 Å². The highest BCUT2D eigenvalue weighted by molar-refractivity contribution is 6.28. The molecule has 0 aliphatic carbocycles. The summed E-state index contributed by atoms with van der Waals surface area (Å²) in [6.45, 7) is 0.241. The van der Waals surface area contributed by atoms with Crippen molar-refractivity contribution in [2.45, 2.75) is 6.54 Å². The molecule has 2 aromatic rings. The van der Waals surface area contributed by atoms with Crippen LogP contribution in [0.25, 0.3) is 0 Å². The van der Waals surface area contributed by atoms with Crippen molar-refractivity contribution in [2.75, 3.05) is 5.32 Å². The van der Waals surface area contributed by atoms with Crippen LogP contribution >= 0.6 is 11.6 Å². The van der Waals surface area contributed by atoms with Gasteiger partial charge in [0, 0.05) is 6.07 Å². The minimum Gasteiger partial charge on any atom is -0.364 e. The molecule has 9 heteroatoms. The maximum Gasteiger partial charge on any atom is 0.329 e. The number of halogens is 1. The van der Waals surface area contributed by atoms with Crippen LogP contribution in [0.4, 0.5) is 11.5 Å². The normalized spacial score (nSPS) is 10.2. The Balaban J connectivity index is 2.19. The van der Waals surface area contributed by atoms with Crippen LogP contribution in [0.1, 0.15) is 5.69 Å². The fraction of sp³-hybridized carbons (Fsp3) is 0.125. The molecule has 2 aromatic heterocycles. The van der Waals surface area contributed by atoms with Gasteiger partial charge < -0.3 is 9.84 Å². The first-order valence-electron chi connectivity index (χ1n) is 4.47. The average molecular weight is 256 g/mol. The lowest BCUT2D eigenvalue weighted by atomic mass is 10.4. The maximum atomic E-state index is 10.7. The Morgan fingerprint density at radius 2 is 2.41 bits per heavy atom. The van der Waals surface area contributed by atoms with Crippen molar-refractivity contribution in [3.8, 4) is 0 Å². The molecule has 0 spiro atoms. The quantitative estimate of drug-likeness (QED) is 0.503. The molecule has 0 radical (unpaired) electrons. The minimum absolute atomic E-state index is 0.0398. The second kappa shape index (κ2) is 4.74. The van der Waals surface area contributed by atoms with Crippen molar-refractivity contribution in [2.24, 2.45) is 0 Å². The van der Waals surface area contributed by atoms with E-state index in [9.17, 15) is 10.1 Å². The number of aromatic nitrogens is 3. The van der Waals surface area contributed by atoms with Crippen LogP contribution in [-0.4, -0.2) is 20.0 Å². The fourth-order valence-electron chi connectivity index (χ4n) is 1.12. The smallest absolute Gasteiger partial charge is 0.329 e. The third-order valence-electron chi connectivity index (χ3n) is 1.86. The molecule has 0 unspecified atom stereocenters. The topological polar surface area (TPSA) is 107 Å². The van der Waals surface area contributed by atoms with Gasteiger partial charge in [-0.1, -0.05) is 5.16 Å².